The largest absolute Gasteiger partial charge is 0.473 e. The van der Waals surface area contributed by atoms with Gasteiger partial charge in [0, 0.05) is 118 Å². The highest BCUT2D eigenvalue weighted by atomic mass is 32.2. The maximum absolute atomic E-state index is 12.5. The van der Waals surface area contributed by atoms with Crippen LogP contribution in [0.4, 0.5) is 17.6 Å². The van der Waals surface area contributed by atoms with Gasteiger partial charge in [-0.1, -0.05) is 61.8 Å². The van der Waals surface area contributed by atoms with Crippen LogP contribution in [0.1, 0.15) is 113 Å². The maximum Gasteiger partial charge on any atom is 0.244 e. The Bertz CT molecular complexity index is 3260. The Kier molecular flexibility index (Phi) is 39.2. The quantitative estimate of drug-likeness (QED) is 0.0475. The zero-order valence-electron chi connectivity index (χ0n) is 54.7. The van der Waals surface area contributed by atoms with Crippen molar-refractivity contribution in [2.75, 3.05) is 91.9 Å². The second-order valence-electron chi connectivity index (χ2n) is 20.1. The van der Waals surface area contributed by atoms with Crippen LogP contribution in [0, 0.1) is 11.8 Å². The predicted octanol–water partition coefficient (Wildman–Crippen LogP) is 9.12. The molecule has 5 fully saturated rings. The van der Waals surface area contributed by atoms with Gasteiger partial charge in [-0.2, -0.15) is 12.9 Å². The minimum atomic E-state index is -3.50. The van der Waals surface area contributed by atoms with Gasteiger partial charge in [-0.3, -0.25) is 0 Å². The topological polar surface area (TPSA) is 339 Å². The lowest BCUT2D eigenvalue weighted by molar-refractivity contribution is 0.309. The molecule has 0 aromatic carbocycles. The minimum Gasteiger partial charge on any atom is -0.473 e. The van der Waals surface area contributed by atoms with Gasteiger partial charge in [0.1, 0.15) is 41.1 Å². The first-order valence-electron chi connectivity index (χ1n) is 31.3. The average molecular weight is 1390 g/mol. The van der Waals surface area contributed by atoms with Crippen LogP contribution in [0.3, 0.4) is 0 Å². The van der Waals surface area contributed by atoms with Crippen molar-refractivity contribution in [3.63, 3.8) is 0 Å². The summed E-state index contributed by atoms with van der Waals surface area (Å²) in [5.41, 5.74) is 22.4. The minimum absolute atomic E-state index is 0.00190. The van der Waals surface area contributed by atoms with E-state index in [1.165, 1.54) is 92.7 Å². The molecule has 23 nitrogen and oxygen atoms in total. The first kappa shape index (κ1) is 83.1. The molecule has 7 heterocycles. The monoisotopic (exact) mass is 1390 g/mol. The zero-order chi connectivity index (χ0) is 69.6. The van der Waals surface area contributed by atoms with Crippen LogP contribution in [-0.2, 0) is 39.9 Å². The molecule has 524 valence electrons. The number of piperidine rings is 1. The van der Waals surface area contributed by atoms with Gasteiger partial charge < -0.3 is 41.9 Å². The Hall–Kier alpha value is -6.00. The van der Waals surface area contributed by atoms with Gasteiger partial charge in [0.2, 0.25) is 53.6 Å². The summed E-state index contributed by atoms with van der Waals surface area (Å²) >= 11 is 0. The molecular weight excluding hydrogens is 1300 g/mol. The summed E-state index contributed by atoms with van der Waals surface area (Å²) in [5.74, 6) is 2.14. The van der Waals surface area contributed by atoms with Crippen molar-refractivity contribution in [1.82, 2.24) is 32.9 Å². The van der Waals surface area contributed by atoms with Crippen LogP contribution < -0.4 is 41.9 Å². The maximum atomic E-state index is 12.5. The van der Waals surface area contributed by atoms with Crippen molar-refractivity contribution < 1.29 is 70.2 Å². The standard InChI is InChI=1S/C15H19FN2O3S.C14H20FN3O3S.C13H18FN3O3S.C12H16FN3O3S.4C2H6/c16-6-10(7-17)9-21-15-2-1-13(8-18-15)22(19,20)14-4-11-3-12(11)5-14;15-8-12(9-16)11-21-14-5-4-13(10-17-14)22(19,20)18-6-2-1-3-7-18;14-7-11(8-15)10-20-13-4-3-12(9-16-13)21(18,19)17-5-1-2-6-17;13-6-10(7-14)9-19-12-3-2-11(8-15-12)20(17,18)16-4-1-5-16;4*1-2/h1-2,6,8,11-12,14H,3-5,7,9,17H2;4-5,8,10H,1-3,6-7,9,11,16H2;3-4,7,9H,1-2,5-6,8,10,15H2;2-3,6,8H,1,4-5,7,9,14H2;4*1-2H3/b10-6-;12-8-;11-7-;10-6-;;;;. The molecule has 9 rings (SSSR count). The molecule has 5 aliphatic rings. The van der Waals surface area contributed by atoms with Crippen LogP contribution in [0.2, 0.25) is 0 Å². The van der Waals surface area contributed by atoms with Crippen LogP contribution >= 0.6 is 0 Å². The number of sulfone groups is 1. The Labute approximate surface area is 549 Å². The Morgan fingerprint density at radius 2 is 0.645 bits per heavy atom. The molecule has 2 saturated carbocycles. The second-order valence-corrected chi connectivity index (χ2v) is 28.1. The van der Waals surface area contributed by atoms with E-state index in [1.54, 1.807) is 0 Å². The molecule has 0 amide bonds. The molecule has 2 atom stereocenters. The number of sulfonamides is 3. The zero-order valence-corrected chi connectivity index (χ0v) is 58.0. The molecule has 2 unspecified atom stereocenters. The van der Waals surface area contributed by atoms with E-state index in [1.807, 2.05) is 55.4 Å². The van der Waals surface area contributed by atoms with Gasteiger partial charge >= 0.3 is 0 Å². The number of hydrogen-bond donors (Lipinski definition) is 4. The van der Waals surface area contributed by atoms with Crippen molar-refractivity contribution >= 4 is 39.9 Å². The third kappa shape index (κ3) is 25.9. The molecule has 2 aliphatic carbocycles. The summed E-state index contributed by atoms with van der Waals surface area (Å²) in [4.78, 5) is 16.4. The molecule has 3 saturated heterocycles. The van der Waals surface area contributed by atoms with E-state index in [-0.39, 0.29) is 101 Å². The highest BCUT2D eigenvalue weighted by Gasteiger charge is 2.50. The molecule has 8 N–H and O–H groups in total. The van der Waals surface area contributed by atoms with Crippen LogP contribution in [0.25, 0.3) is 0 Å². The number of hydrogen-bond acceptors (Lipinski definition) is 20. The average Bonchev–Trinajstić information content (AvgIpc) is 1.64. The third-order valence-corrected chi connectivity index (χ3v) is 22.0. The normalized spacial score (nSPS) is 18.4. The molecule has 0 spiro atoms. The summed E-state index contributed by atoms with van der Waals surface area (Å²) in [7, 11) is -13.7. The predicted molar refractivity (Wildman–Crippen MR) is 353 cm³/mol. The van der Waals surface area contributed by atoms with Gasteiger partial charge in [0.25, 0.3) is 0 Å². The third-order valence-electron chi connectivity index (χ3n) is 14.2. The summed E-state index contributed by atoms with van der Waals surface area (Å²) in [6.07, 6.45) is 14.8. The van der Waals surface area contributed by atoms with Crippen molar-refractivity contribution in [3.05, 3.63) is 121 Å². The van der Waals surface area contributed by atoms with E-state index >= 15 is 0 Å². The van der Waals surface area contributed by atoms with Crippen molar-refractivity contribution in [2.24, 2.45) is 34.8 Å². The SMILES string of the molecule is CC.CC.CC.CC.NC/C(=C/F)COc1ccc(S(=O)(=O)C2CC3CC3C2)cn1.NC/C(=C/F)COc1ccc(S(=O)(=O)N2CCC2)cn1.NC/C(=C/F)COc1ccc(S(=O)(=O)N2CCCC2)cn1.NC/C(=C/F)COc1ccc(S(=O)(=O)N2CCCCC2)cn1. The van der Waals surface area contributed by atoms with Gasteiger partial charge in [-0.05, 0) is 87.5 Å². The number of ether oxygens (including phenoxy) is 4. The number of nitrogens with zero attached hydrogens (tertiary/aromatic N) is 7. The van der Waals surface area contributed by atoms with E-state index in [0.717, 1.165) is 51.4 Å². The number of fused-ring (bicyclic) bond motifs is 1. The fourth-order valence-corrected chi connectivity index (χ4v) is 15.0. The summed E-state index contributed by atoms with van der Waals surface area (Å²) < 4.78 is 173. The molecule has 93 heavy (non-hydrogen) atoms. The van der Waals surface area contributed by atoms with E-state index in [4.69, 9.17) is 41.9 Å². The van der Waals surface area contributed by atoms with Crippen molar-refractivity contribution in [2.45, 2.75) is 138 Å². The highest BCUT2D eigenvalue weighted by Crippen LogP contribution is 2.54. The first-order chi connectivity index (χ1) is 44.8. The number of pyridine rings is 4. The summed E-state index contributed by atoms with van der Waals surface area (Å²) in [6.45, 7) is 19.4. The number of halogens is 4. The lowest BCUT2D eigenvalue weighted by atomic mass is 10.2. The molecule has 0 bridgehead atoms. The highest BCUT2D eigenvalue weighted by molar-refractivity contribution is 7.92. The second kappa shape index (κ2) is 43.9. The van der Waals surface area contributed by atoms with Gasteiger partial charge in [-0.15, -0.1) is 0 Å². The smallest absolute Gasteiger partial charge is 0.244 e. The van der Waals surface area contributed by atoms with E-state index in [0.29, 0.717) is 98.7 Å². The van der Waals surface area contributed by atoms with Crippen molar-refractivity contribution in [3.8, 4) is 23.5 Å². The fraction of sp³-hybridized carbons (Fsp3) is 0.548. The van der Waals surface area contributed by atoms with Gasteiger partial charge in [0.05, 0.1) is 54.1 Å². The summed E-state index contributed by atoms with van der Waals surface area (Å²) in [5, 5.41) is -0.275. The summed E-state index contributed by atoms with van der Waals surface area (Å²) in [6, 6.07) is 11.7. The van der Waals surface area contributed by atoms with E-state index in [9.17, 15) is 51.2 Å². The number of nitrogens with two attached hydrogens (primary N) is 4. The molecule has 3 aliphatic heterocycles. The molecule has 4 aromatic rings. The molecule has 0 radical (unpaired) electrons. The molecular formula is C62H97F4N11O12S4. The Balaban J connectivity index is 0.000000407. The van der Waals surface area contributed by atoms with Crippen LogP contribution in [-0.4, -0.2) is 164 Å². The lowest BCUT2D eigenvalue weighted by Crippen LogP contribution is -2.41. The van der Waals surface area contributed by atoms with E-state index < -0.39 is 39.9 Å². The van der Waals surface area contributed by atoms with Gasteiger partial charge in [-0.25, -0.2) is 71.2 Å². The van der Waals surface area contributed by atoms with Crippen molar-refractivity contribution in [1.29, 1.82) is 0 Å². The molecule has 4 aromatic heterocycles. The van der Waals surface area contributed by atoms with E-state index in [2.05, 4.69) is 19.9 Å². The number of rotatable bonds is 24. The Morgan fingerprint density at radius 1 is 0.398 bits per heavy atom. The lowest BCUT2D eigenvalue weighted by Gasteiger charge is -2.29. The first-order valence-corrected chi connectivity index (χ1v) is 37.2. The number of aromatic nitrogens is 4. The fourth-order valence-electron chi connectivity index (χ4n) is 8.75. The van der Waals surface area contributed by atoms with Crippen LogP contribution in [0.5, 0.6) is 23.5 Å². The Morgan fingerprint density at radius 3 is 0.860 bits per heavy atom. The van der Waals surface area contributed by atoms with Crippen LogP contribution in [0.15, 0.2) is 141 Å². The molecule has 31 heteroatoms. The van der Waals surface area contributed by atoms with Gasteiger partial charge in [0.15, 0.2) is 9.84 Å².